The maximum Gasteiger partial charge on any atom is 0.221 e. The molecule has 0 spiro atoms. The number of carbonyl (C=O) groups is 1. The third-order valence-corrected chi connectivity index (χ3v) is 5.11. The summed E-state index contributed by atoms with van der Waals surface area (Å²) >= 11 is 5.97. The van der Waals surface area contributed by atoms with Gasteiger partial charge in [-0.25, -0.2) is 4.98 Å². The zero-order chi connectivity index (χ0) is 19.5. The van der Waals surface area contributed by atoms with E-state index in [1.54, 1.807) is 24.6 Å². The van der Waals surface area contributed by atoms with Crippen LogP contribution in [0.3, 0.4) is 0 Å². The molecule has 0 saturated heterocycles. The summed E-state index contributed by atoms with van der Waals surface area (Å²) in [5, 5.41) is 4.50. The number of amides is 1. The Morgan fingerprint density at radius 2 is 2.07 bits per heavy atom. The second-order valence-corrected chi connectivity index (χ2v) is 7.13. The molecule has 4 aromatic rings. The van der Waals surface area contributed by atoms with Crippen LogP contribution in [0.5, 0.6) is 0 Å². The summed E-state index contributed by atoms with van der Waals surface area (Å²) in [6.45, 7) is 0.368. The molecule has 1 N–H and O–H groups in total. The Morgan fingerprint density at radius 3 is 2.82 bits per heavy atom. The maximum absolute atomic E-state index is 12.7. The van der Waals surface area contributed by atoms with Crippen LogP contribution in [0.2, 0.25) is 5.15 Å². The molecule has 28 heavy (non-hydrogen) atoms. The quantitative estimate of drug-likeness (QED) is 0.485. The number of furan rings is 1. The van der Waals surface area contributed by atoms with Gasteiger partial charge in [-0.3, -0.25) is 4.79 Å². The number of hydrogen-bond donors (Lipinski definition) is 1. The number of aromatic nitrogens is 2. The molecular formula is C22H20ClN3O2. The first-order valence-corrected chi connectivity index (χ1v) is 9.44. The third-order valence-electron chi connectivity index (χ3n) is 4.89. The monoisotopic (exact) mass is 393 g/mol. The molecule has 0 aliphatic heterocycles. The van der Waals surface area contributed by atoms with Gasteiger partial charge in [-0.2, -0.15) is 0 Å². The van der Waals surface area contributed by atoms with Crippen LogP contribution in [-0.2, 0) is 18.4 Å². The summed E-state index contributed by atoms with van der Waals surface area (Å²) in [5.74, 6) is 0.542. The van der Waals surface area contributed by atoms with E-state index in [1.165, 1.54) is 0 Å². The van der Waals surface area contributed by atoms with Crippen LogP contribution in [0.25, 0.3) is 10.9 Å². The lowest BCUT2D eigenvalue weighted by molar-refractivity contribution is -0.121. The van der Waals surface area contributed by atoms with E-state index in [2.05, 4.69) is 33.2 Å². The fraction of sp³-hybridized carbons (Fsp3) is 0.182. The zero-order valence-electron chi connectivity index (χ0n) is 15.4. The van der Waals surface area contributed by atoms with Gasteiger partial charge >= 0.3 is 0 Å². The highest BCUT2D eigenvalue weighted by Crippen LogP contribution is 2.34. The van der Waals surface area contributed by atoms with Crippen molar-refractivity contribution < 1.29 is 9.21 Å². The van der Waals surface area contributed by atoms with Gasteiger partial charge in [-0.1, -0.05) is 35.9 Å². The van der Waals surface area contributed by atoms with E-state index in [-0.39, 0.29) is 11.8 Å². The number of benzene rings is 1. The molecule has 3 aromatic heterocycles. The Balaban J connectivity index is 1.65. The topological polar surface area (TPSA) is 60.1 Å². The van der Waals surface area contributed by atoms with Crippen LogP contribution >= 0.6 is 11.6 Å². The number of aryl methyl sites for hydroxylation is 1. The fourth-order valence-corrected chi connectivity index (χ4v) is 3.62. The molecule has 5 nitrogen and oxygen atoms in total. The first-order chi connectivity index (χ1) is 13.6. The second kappa shape index (κ2) is 7.90. The minimum Gasteiger partial charge on any atom is -0.467 e. The highest BCUT2D eigenvalue weighted by atomic mass is 35.5. The third kappa shape index (κ3) is 3.80. The van der Waals surface area contributed by atoms with E-state index in [9.17, 15) is 4.79 Å². The van der Waals surface area contributed by atoms with Crippen molar-refractivity contribution in [1.82, 2.24) is 14.9 Å². The normalized spacial score (nSPS) is 12.2. The number of halogens is 1. The Labute approximate surface area is 167 Å². The van der Waals surface area contributed by atoms with Gasteiger partial charge in [-0.15, -0.1) is 0 Å². The Kier molecular flexibility index (Phi) is 5.17. The van der Waals surface area contributed by atoms with Gasteiger partial charge < -0.3 is 14.3 Å². The van der Waals surface area contributed by atoms with Crippen molar-refractivity contribution in [3.63, 3.8) is 0 Å². The SMILES string of the molecule is Cn1cc(C(CC(=O)NCc2ccco2)c2ccc(Cl)nc2)c2ccccc21. The van der Waals surface area contributed by atoms with Crippen LogP contribution in [0, 0.1) is 0 Å². The molecule has 1 unspecified atom stereocenters. The molecule has 0 saturated carbocycles. The van der Waals surface area contributed by atoms with E-state index < -0.39 is 0 Å². The van der Waals surface area contributed by atoms with Crippen molar-refractivity contribution in [2.75, 3.05) is 0 Å². The number of carbonyl (C=O) groups excluding carboxylic acids is 1. The van der Waals surface area contributed by atoms with Crippen molar-refractivity contribution >= 4 is 28.4 Å². The maximum atomic E-state index is 12.7. The van der Waals surface area contributed by atoms with Crippen LogP contribution in [0.15, 0.2) is 71.6 Å². The fourth-order valence-electron chi connectivity index (χ4n) is 3.51. The minimum absolute atomic E-state index is 0.0516. The van der Waals surface area contributed by atoms with E-state index in [1.807, 2.05) is 31.3 Å². The molecule has 6 heteroatoms. The number of nitrogens with one attached hydrogen (secondary N) is 1. The molecule has 0 aliphatic carbocycles. The van der Waals surface area contributed by atoms with Gasteiger partial charge in [0.05, 0.1) is 12.8 Å². The summed E-state index contributed by atoms with van der Waals surface area (Å²) < 4.78 is 7.37. The number of hydrogen-bond acceptors (Lipinski definition) is 3. The number of pyridine rings is 1. The van der Waals surface area contributed by atoms with Gasteiger partial charge in [0.2, 0.25) is 5.91 Å². The molecule has 0 fully saturated rings. The van der Waals surface area contributed by atoms with Crippen molar-refractivity contribution in [2.45, 2.75) is 18.9 Å². The Hall–Kier alpha value is -3.05. The van der Waals surface area contributed by atoms with E-state index in [0.29, 0.717) is 18.1 Å². The highest BCUT2D eigenvalue weighted by Gasteiger charge is 2.22. The molecular weight excluding hydrogens is 374 g/mol. The largest absolute Gasteiger partial charge is 0.467 e. The lowest BCUT2D eigenvalue weighted by Crippen LogP contribution is -2.24. The summed E-state index contributed by atoms with van der Waals surface area (Å²) in [6, 6.07) is 15.5. The standard InChI is InChI=1S/C22H20ClN3O2/c1-26-14-19(17-6-2-3-7-20(17)26)18(15-8-9-21(23)24-12-15)11-22(27)25-13-16-5-4-10-28-16/h2-10,12,14,18H,11,13H2,1H3,(H,25,27). The Bertz CT molecular complexity index is 1080. The summed E-state index contributed by atoms with van der Waals surface area (Å²) in [7, 11) is 2.01. The average molecular weight is 394 g/mol. The molecule has 0 bridgehead atoms. The van der Waals surface area contributed by atoms with E-state index >= 15 is 0 Å². The van der Waals surface area contributed by atoms with Crippen LogP contribution in [0.4, 0.5) is 0 Å². The molecule has 0 radical (unpaired) electrons. The minimum atomic E-state index is -0.132. The molecule has 142 valence electrons. The van der Waals surface area contributed by atoms with Crippen molar-refractivity contribution in [2.24, 2.45) is 7.05 Å². The number of rotatable bonds is 6. The van der Waals surface area contributed by atoms with Gasteiger partial charge in [0.1, 0.15) is 10.9 Å². The molecule has 1 aromatic carbocycles. The summed E-state index contributed by atoms with van der Waals surface area (Å²) in [4.78, 5) is 16.9. The van der Waals surface area contributed by atoms with Crippen LogP contribution in [0.1, 0.15) is 29.2 Å². The lowest BCUT2D eigenvalue weighted by atomic mass is 9.89. The van der Waals surface area contributed by atoms with Crippen molar-refractivity contribution in [3.8, 4) is 0 Å². The van der Waals surface area contributed by atoms with Crippen molar-refractivity contribution in [3.05, 3.63) is 89.2 Å². The second-order valence-electron chi connectivity index (χ2n) is 6.74. The van der Waals surface area contributed by atoms with Crippen molar-refractivity contribution in [1.29, 1.82) is 0 Å². The van der Waals surface area contributed by atoms with Gasteiger partial charge in [0.15, 0.2) is 0 Å². The average Bonchev–Trinajstić information content (AvgIpc) is 3.34. The number of nitrogens with zero attached hydrogens (tertiary/aromatic N) is 2. The summed E-state index contributed by atoms with van der Waals surface area (Å²) in [6.07, 6.45) is 5.73. The van der Waals surface area contributed by atoms with E-state index in [0.717, 1.165) is 27.8 Å². The summed E-state index contributed by atoms with van der Waals surface area (Å²) in [5.41, 5.74) is 3.17. The smallest absolute Gasteiger partial charge is 0.221 e. The predicted molar refractivity (Wildman–Crippen MR) is 109 cm³/mol. The zero-order valence-corrected chi connectivity index (χ0v) is 16.2. The molecule has 4 rings (SSSR count). The Morgan fingerprint density at radius 1 is 1.21 bits per heavy atom. The lowest BCUT2D eigenvalue weighted by Gasteiger charge is -2.17. The molecule has 1 atom stereocenters. The van der Waals surface area contributed by atoms with E-state index in [4.69, 9.17) is 16.0 Å². The first kappa shape index (κ1) is 18.3. The first-order valence-electron chi connectivity index (χ1n) is 9.06. The van der Waals surface area contributed by atoms with Crippen LogP contribution in [-0.4, -0.2) is 15.5 Å². The van der Waals surface area contributed by atoms with Gasteiger partial charge in [0, 0.05) is 42.7 Å². The van der Waals surface area contributed by atoms with Crippen LogP contribution < -0.4 is 5.32 Å². The van der Waals surface area contributed by atoms with Gasteiger partial charge in [-0.05, 0) is 35.4 Å². The predicted octanol–water partition coefficient (Wildman–Crippen LogP) is 4.66. The molecule has 1 amide bonds. The number of para-hydroxylation sites is 1. The molecule has 0 aliphatic rings. The van der Waals surface area contributed by atoms with Gasteiger partial charge in [0.25, 0.3) is 0 Å². The molecule has 3 heterocycles. The highest BCUT2D eigenvalue weighted by molar-refractivity contribution is 6.29. The number of fused-ring (bicyclic) bond motifs is 1.